The molecule has 0 saturated carbocycles. The van der Waals surface area contributed by atoms with Crippen LogP contribution in [0.25, 0.3) is 0 Å². The molecule has 0 unspecified atom stereocenters. The highest BCUT2D eigenvalue weighted by molar-refractivity contribution is 5.46. The van der Waals surface area contributed by atoms with Crippen molar-refractivity contribution in [2.45, 2.75) is 51.8 Å². The predicted octanol–water partition coefficient (Wildman–Crippen LogP) is 5.36. The molecular weight excluding hydrogens is 267 g/mol. The lowest BCUT2D eigenvalue weighted by atomic mass is 10.1. The molecule has 1 aromatic carbocycles. The number of hydrogen-bond acceptors (Lipinski definition) is 2. The summed E-state index contributed by atoms with van der Waals surface area (Å²) in [4.78, 5) is 0. The molecular formula is C15H22F3NO. The summed E-state index contributed by atoms with van der Waals surface area (Å²) in [5, 5.41) is 3.19. The van der Waals surface area contributed by atoms with Crippen molar-refractivity contribution in [2.75, 3.05) is 11.9 Å². The molecule has 0 radical (unpaired) electrons. The van der Waals surface area contributed by atoms with E-state index in [2.05, 4.69) is 17.0 Å². The zero-order valence-corrected chi connectivity index (χ0v) is 11.8. The summed E-state index contributed by atoms with van der Waals surface area (Å²) in [5.74, 6) is -0.192. The van der Waals surface area contributed by atoms with Gasteiger partial charge in [0.2, 0.25) is 0 Å². The van der Waals surface area contributed by atoms with E-state index in [4.69, 9.17) is 0 Å². The minimum atomic E-state index is -4.63. The number of ether oxygens (including phenoxy) is 1. The molecule has 0 fully saturated rings. The molecule has 0 atom stereocenters. The van der Waals surface area contributed by atoms with Crippen LogP contribution in [0.5, 0.6) is 5.75 Å². The van der Waals surface area contributed by atoms with Crippen LogP contribution >= 0.6 is 0 Å². The zero-order chi connectivity index (χ0) is 14.8. The average molecular weight is 289 g/mol. The van der Waals surface area contributed by atoms with Crippen LogP contribution in [0.3, 0.4) is 0 Å². The Morgan fingerprint density at radius 2 is 1.55 bits per heavy atom. The number of rotatable bonds is 9. The van der Waals surface area contributed by atoms with Crippen molar-refractivity contribution in [3.63, 3.8) is 0 Å². The number of unbranched alkanes of at least 4 members (excludes halogenated alkanes) is 5. The Balaban J connectivity index is 2.18. The van der Waals surface area contributed by atoms with Crippen molar-refractivity contribution in [3.05, 3.63) is 24.3 Å². The summed E-state index contributed by atoms with van der Waals surface area (Å²) in [5.41, 5.74) is 0.813. The smallest absolute Gasteiger partial charge is 0.406 e. The molecule has 0 bridgehead atoms. The van der Waals surface area contributed by atoms with Crippen LogP contribution in [0, 0.1) is 0 Å². The topological polar surface area (TPSA) is 21.3 Å². The van der Waals surface area contributed by atoms with Gasteiger partial charge in [-0.3, -0.25) is 0 Å². The van der Waals surface area contributed by atoms with E-state index >= 15 is 0 Å². The van der Waals surface area contributed by atoms with Gasteiger partial charge in [0.25, 0.3) is 0 Å². The van der Waals surface area contributed by atoms with E-state index in [-0.39, 0.29) is 5.75 Å². The maximum atomic E-state index is 12.0. The average Bonchev–Trinajstić information content (AvgIpc) is 2.38. The molecule has 114 valence electrons. The Kier molecular flexibility index (Phi) is 7.26. The van der Waals surface area contributed by atoms with E-state index in [9.17, 15) is 13.2 Å². The molecule has 0 aromatic heterocycles. The molecule has 0 aliphatic rings. The first-order valence-corrected chi connectivity index (χ1v) is 7.11. The van der Waals surface area contributed by atoms with Gasteiger partial charge < -0.3 is 10.1 Å². The van der Waals surface area contributed by atoms with Gasteiger partial charge >= 0.3 is 6.36 Å². The first-order chi connectivity index (χ1) is 9.51. The first-order valence-electron chi connectivity index (χ1n) is 7.11. The molecule has 1 rings (SSSR count). The highest BCUT2D eigenvalue weighted by Gasteiger charge is 2.30. The van der Waals surface area contributed by atoms with Crippen LogP contribution in [0.4, 0.5) is 18.9 Å². The third-order valence-corrected chi connectivity index (χ3v) is 2.95. The van der Waals surface area contributed by atoms with E-state index < -0.39 is 6.36 Å². The van der Waals surface area contributed by atoms with Gasteiger partial charge in [0.05, 0.1) is 0 Å². The fourth-order valence-electron chi connectivity index (χ4n) is 1.91. The van der Waals surface area contributed by atoms with Gasteiger partial charge in [-0.2, -0.15) is 0 Å². The lowest BCUT2D eigenvalue weighted by Gasteiger charge is -2.10. The van der Waals surface area contributed by atoms with Crippen molar-refractivity contribution >= 4 is 5.69 Å². The number of halogens is 3. The van der Waals surface area contributed by atoms with E-state index in [0.717, 1.165) is 18.7 Å². The number of benzene rings is 1. The maximum absolute atomic E-state index is 12.0. The normalized spacial score (nSPS) is 11.4. The van der Waals surface area contributed by atoms with Crippen LogP contribution in [-0.2, 0) is 0 Å². The molecule has 5 heteroatoms. The van der Waals surface area contributed by atoms with Gasteiger partial charge in [-0.25, -0.2) is 0 Å². The summed E-state index contributed by atoms with van der Waals surface area (Å²) >= 11 is 0. The van der Waals surface area contributed by atoms with Gasteiger partial charge in [0.15, 0.2) is 0 Å². The summed E-state index contributed by atoms with van der Waals surface area (Å²) in [6.45, 7) is 3.03. The second-order valence-electron chi connectivity index (χ2n) is 4.77. The Hall–Kier alpha value is -1.39. The molecule has 1 aromatic rings. The van der Waals surface area contributed by atoms with Crippen LogP contribution in [0.1, 0.15) is 45.4 Å². The second kappa shape index (κ2) is 8.72. The summed E-state index contributed by atoms with van der Waals surface area (Å²) in [6, 6.07) is 5.82. The van der Waals surface area contributed by atoms with Crippen LogP contribution < -0.4 is 10.1 Å². The fraction of sp³-hybridized carbons (Fsp3) is 0.600. The van der Waals surface area contributed by atoms with Crippen molar-refractivity contribution in [2.24, 2.45) is 0 Å². The van der Waals surface area contributed by atoms with Gasteiger partial charge in [-0.1, -0.05) is 39.0 Å². The molecule has 0 amide bonds. The van der Waals surface area contributed by atoms with Crippen molar-refractivity contribution in [1.29, 1.82) is 0 Å². The monoisotopic (exact) mass is 289 g/mol. The largest absolute Gasteiger partial charge is 0.573 e. The minimum absolute atomic E-state index is 0.192. The number of alkyl halides is 3. The second-order valence-corrected chi connectivity index (χ2v) is 4.77. The highest BCUT2D eigenvalue weighted by Crippen LogP contribution is 2.23. The molecule has 20 heavy (non-hydrogen) atoms. The maximum Gasteiger partial charge on any atom is 0.573 e. The van der Waals surface area contributed by atoms with Gasteiger partial charge in [0.1, 0.15) is 5.75 Å². The summed E-state index contributed by atoms with van der Waals surface area (Å²) in [7, 11) is 0. The molecule has 0 spiro atoms. The third kappa shape index (κ3) is 7.92. The highest BCUT2D eigenvalue weighted by atomic mass is 19.4. The lowest BCUT2D eigenvalue weighted by molar-refractivity contribution is -0.274. The molecule has 0 heterocycles. The molecule has 0 saturated heterocycles. The SMILES string of the molecule is CCCCCCCCNc1ccc(OC(F)(F)F)cc1. The van der Waals surface area contributed by atoms with Crippen molar-refractivity contribution in [1.82, 2.24) is 0 Å². The zero-order valence-electron chi connectivity index (χ0n) is 11.8. The summed E-state index contributed by atoms with van der Waals surface area (Å²) < 4.78 is 39.7. The molecule has 2 nitrogen and oxygen atoms in total. The number of anilines is 1. The Morgan fingerprint density at radius 1 is 0.950 bits per heavy atom. The lowest BCUT2D eigenvalue weighted by Crippen LogP contribution is -2.17. The van der Waals surface area contributed by atoms with Gasteiger partial charge in [0, 0.05) is 12.2 Å². The van der Waals surface area contributed by atoms with Gasteiger partial charge in [-0.15, -0.1) is 13.2 Å². The quantitative estimate of drug-likeness (QED) is 0.618. The number of hydrogen-bond donors (Lipinski definition) is 1. The molecule has 0 aliphatic heterocycles. The van der Waals surface area contributed by atoms with Crippen molar-refractivity contribution in [3.8, 4) is 5.75 Å². The standard InChI is InChI=1S/C15H22F3NO/c1-2-3-4-5-6-7-12-19-13-8-10-14(11-9-13)20-15(16,17)18/h8-11,19H,2-7,12H2,1H3. The fourth-order valence-corrected chi connectivity index (χ4v) is 1.91. The van der Waals surface area contributed by atoms with Crippen LogP contribution in [0.2, 0.25) is 0 Å². The Labute approximate surface area is 118 Å². The van der Waals surface area contributed by atoms with E-state index in [1.807, 2.05) is 0 Å². The van der Waals surface area contributed by atoms with Crippen LogP contribution in [0.15, 0.2) is 24.3 Å². The van der Waals surface area contributed by atoms with Crippen molar-refractivity contribution < 1.29 is 17.9 Å². The first kappa shape index (κ1) is 16.7. The van der Waals surface area contributed by atoms with E-state index in [0.29, 0.717) is 0 Å². The van der Waals surface area contributed by atoms with Crippen LogP contribution in [-0.4, -0.2) is 12.9 Å². The Bertz CT molecular complexity index is 362. The Morgan fingerprint density at radius 3 is 2.15 bits per heavy atom. The van der Waals surface area contributed by atoms with E-state index in [1.165, 1.54) is 44.2 Å². The number of nitrogens with one attached hydrogen (secondary N) is 1. The third-order valence-electron chi connectivity index (χ3n) is 2.95. The predicted molar refractivity (Wildman–Crippen MR) is 75.0 cm³/mol. The molecule has 1 N–H and O–H groups in total. The van der Waals surface area contributed by atoms with Gasteiger partial charge in [-0.05, 0) is 30.7 Å². The minimum Gasteiger partial charge on any atom is -0.406 e. The summed E-state index contributed by atoms with van der Waals surface area (Å²) in [6.07, 6.45) is 2.67. The molecule has 0 aliphatic carbocycles. The van der Waals surface area contributed by atoms with E-state index in [1.54, 1.807) is 12.1 Å².